The third-order valence-electron chi connectivity index (χ3n) is 6.91. The highest BCUT2D eigenvalue weighted by Crippen LogP contribution is 2.26. The first kappa shape index (κ1) is 23.8. The van der Waals surface area contributed by atoms with Crippen LogP contribution in [0.4, 0.5) is 15.9 Å². The summed E-state index contributed by atoms with van der Waals surface area (Å²) < 4.78 is 13.2. The van der Waals surface area contributed by atoms with Gasteiger partial charge in [0, 0.05) is 63.0 Å². The molecule has 3 aliphatic rings. The zero-order valence-electron chi connectivity index (χ0n) is 19.7. The van der Waals surface area contributed by atoms with Crippen molar-refractivity contribution in [3.63, 3.8) is 0 Å². The molecule has 0 spiro atoms. The number of benzene rings is 1. The van der Waals surface area contributed by atoms with Crippen molar-refractivity contribution in [1.29, 1.82) is 0 Å². The third kappa shape index (κ3) is 6.22. The number of halogens is 1. The maximum absolute atomic E-state index is 13.2. The molecule has 1 saturated carbocycles. The molecule has 186 valence electrons. The van der Waals surface area contributed by atoms with Gasteiger partial charge in [-0.1, -0.05) is 11.8 Å². The lowest BCUT2D eigenvalue weighted by Gasteiger charge is -2.36. The number of hydrogen-bond acceptors (Lipinski definition) is 7. The summed E-state index contributed by atoms with van der Waals surface area (Å²) in [5.74, 6) is 1.32. The highest BCUT2D eigenvalue weighted by Gasteiger charge is 2.30. The monoisotopic (exact) mass is 498 g/mol. The Hall–Kier alpha value is -2.88. The molecular weight excluding hydrogens is 467 g/mol. The first-order valence-electron chi connectivity index (χ1n) is 12.3. The van der Waals surface area contributed by atoms with Crippen LogP contribution in [0.2, 0.25) is 0 Å². The standard InChI is InChI=1S/C25H31FN6O2S/c26-19-1-5-21(6-2-19)30-11-13-32(14-12-30)24(33)16-35-23-15-22(27-17-28-23)31-9-7-18(8-10-31)25(34)29-20-3-4-20/h1-2,5-6,15,17-18,20H,3-4,7-14,16H2,(H,29,34). The van der Waals surface area contributed by atoms with E-state index in [0.717, 1.165) is 68.4 Å². The molecule has 2 aliphatic heterocycles. The van der Waals surface area contributed by atoms with Crippen LogP contribution in [0.15, 0.2) is 41.7 Å². The van der Waals surface area contributed by atoms with Gasteiger partial charge >= 0.3 is 0 Å². The molecule has 10 heteroatoms. The Morgan fingerprint density at radius 3 is 2.34 bits per heavy atom. The summed E-state index contributed by atoms with van der Waals surface area (Å²) in [6.45, 7) is 4.34. The van der Waals surface area contributed by atoms with Crippen molar-refractivity contribution in [2.24, 2.45) is 5.92 Å². The summed E-state index contributed by atoms with van der Waals surface area (Å²) in [5.41, 5.74) is 0.981. The van der Waals surface area contributed by atoms with E-state index in [0.29, 0.717) is 24.9 Å². The maximum atomic E-state index is 13.2. The molecule has 2 aromatic rings. The molecule has 2 amide bonds. The molecule has 35 heavy (non-hydrogen) atoms. The summed E-state index contributed by atoms with van der Waals surface area (Å²) in [4.78, 5) is 40.1. The van der Waals surface area contributed by atoms with Crippen molar-refractivity contribution in [1.82, 2.24) is 20.2 Å². The molecular formula is C25H31FN6O2S. The number of carbonyl (C=O) groups is 2. The van der Waals surface area contributed by atoms with Crippen LogP contribution in [0, 0.1) is 11.7 Å². The smallest absolute Gasteiger partial charge is 0.233 e. The van der Waals surface area contributed by atoms with E-state index in [1.807, 2.05) is 11.0 Å². The first-order chi connectivity index (χ1) is 17.0. The van der Waals surface area contributed by atoms with Crippen molar-refractivity contribution in [3.05, 3.63) is 42.5 Å². The molecule has 1 aliphatic carbocycles. The number of nitrogens with zero attached hydrogens (tertiary/aromatic N) is 5. The normalized spacial score (nSPS) is 19.1. The van der Waals surface area contributed by atoms with E-state index in [-0.39, 0.29) is 23.5 Å². The van der Waals surface area contributed by atoms with Crippen LogP contribution in [-0.4, -0.2) is 77.7 Å². The van der Waals surface area contributed by atoms with Gasteiger partial charge in [0.2, 0.25) is 11.8 Å². The first-order valence-corrected chi connectivity index (χ1v) is 13.3. The van der Waals surface area contributed by atoms with Crippen molar-refractivity contribution < 1.29 is 14.0 Å². The van der Waals surface area contributed by atoms with Gasteiger partial charge < -0.3 is 20.0 Å². The van der Waals surface area contributed by atoms with Gasteiger partial charge in [0.25, 0.3) is 0 Å². The van der Waals surface area contributed by atoms with Crippen LogP contribution in [0.3, 0.4) is 0 Å². The second-order valence-electron chi connectivity index (χ2n) is 9.39. The zero-order chi connectivity index (χ0) is 24.2. The number of thioether (sulfide) groups is 1. The number of piperidine rings is 1. The Morgan fingerprint density at radius 2 is 1.66 bits per heavy atom. The second-order valence-corrected chi connectivity index (χ2v) is 10.4. The number of amides is 2. The fourth-order valence-corrected chi connectivity index (χ4v) is 5.36. The minimum atomic E-state index is -0.242. The summed E-state index contributed by atoms with van der Waals surface area (Å²) in [6, 6.07) is 8.83. The fraction of sp³-hybridized carbons (Fsp3) is 0.520. The number of nitrogens with one attached hydrogen (secondary N) is 1. The van der Waals surface area contributed by atoms with Gasteiger partial charge in [0.05, 0.1) is 5.75 Å². The SMILES string of the molecule is O=C(NC1CC1)C1CCN(c2cc(SCC(=O)N3CCN(c4ccc(F)cc4)CC3)ncn2)CC1. The van der Waals surface area contributed by atoms with Gasteiger partial charge in [0.1, 0.15) is 23.0 Å². The van der Waals surface area contributed by atoms with Crippen molar-refractivity contribution in [2.75, 3.05) is 54.8 Å². The Kier molecular flexibility index (Phi) is 7.36. The molecule has 0 bridgehead atoms. The lowest BCUT2D eigenvalue weighted by Crippen LogP contribution is -2.49. The maximum Gasteiger partial charge on any atom is 0.233 e. The minimum Gasteiger partial charge on any atom is -0.368 e. The Labute approximate surface area is 209 Å². The fourth-order valence-electron chi connectivity index (χ4n) is 4.59. The van der Waals surface area contributed by atoms with E-state index in [4.69, 9.17) is 0 Å². The number of aromatic nitrogens is 2. The van der Waals surface area contributed by atoms with Crippen LogP contribution in [0.25, 0.3) is 0 Å². The van der Waals surface area contributed by atoms with E-state index < -0.39 is 0 Å². The van der Waals surface area contributed by atoms with E-state index in [2.05, 4.69) is 25.1 Å². The van der Waals surface area contributed by atoms with E-state index >= 15 is 0 Å². The van der Waals surface area contributed by atoms with E-state index in [1.54, 1.807) is 18.5 Å². The molecule has 1 aromatic heterocycles. The van der Waals surface area contributed by atoms with E-state index in [9.17, 15) is 14.0 Å². The number of rotatable bonds is 7. The van der Waals surface area contributed by atoms with Gasteiger partial charge in [-0.05, 0) is 49.9 Å². The van der Waals surface area contributed by atoms with Gasteiger partial charge in [-0.25, -0.2) is 14.4 Å². The molecule has 8 nitrogen and oxygen atoms in total. The largest absolute Gasteiger partial charge is 0.368 e. The zero-order valence-corrected chi connectivity index (χ0v) is 20.6. The van der Waals surface area contributed by atoms with Crippen molar-refractivity contribution in [2.45, 2.75) is 36.8 Å². The summed E-state index contributed by atoms with van der Waals surface area (Å²) in [6.07, 6.45) is 5.43. The van der Waals surface area contributed by atoms with Crippen molar-refractivity contribution in [3.8, 4) is 0 Å². The molecule has 1 N–H and O–H groups in total. The van der Waals surface area contributed by atoms with Crippen molar-refractivity contribution >= 4 is 35.1 Å². The van der Waals surface area contributed by atoms with Crippen LogP contribution >= 0.6 is 11.8 Å². The van der Waals surface area contributed by atoms with Crippen LogP contribution in [0.1, 0.15) is 25.7 Å². The second kappa shape index (κ2) is 10.8. The molecule has 3 heterocycles. The van der Waals surface area contributed by atoms with Gasteiger partial charge in [0.15, 0.2) is 0 Å². The molecule has 1 aromatic carbocycles. The number of anilines is 2. The average molecular weight is 499 g/mol. The molecule has 5 rings (SSSR count). The molecule has 2 saturated heterocycles. The predicted molar refractivity (Wildman–Crippen MR) is 134 cm³/mol. The number of hydrogen-bond donors (Lipinski definition) is 1. The minimum absolute atomic E-state index is 0.0867. The summed E-state index contributed by atoms with van der Waals surface area (Å²) >= 11 is 1.43. The van der Waals surface area contributed by atoms with Crippen LogP contribution in [0.5, 0.6) is 0 Å². The topological polar surface area (TPSA) is 81.7 Å². The third-order valence-corrected chi connectivity index (χ3v) is 7.82. The Balaban J connectivity index is 1.07. The van der Waals surface area contributed by atoms with Gasteiger partial charge in [-0.2, -0.15) is 0 Å². The lowest BCUT2D eigenvalue weighted by molar-refractivity contribution is -0.128. The molecule has 3 fully saturated rings. The predicted octanol–water partition coefficient (Wildman–Crippen LogP) is 2.55. The Morgan fingerprint density at radius 1 is 0.943 bits per heavy atom. The van der Waals surface area contributed by atoms with Gasteiger partial charge in [-0.15, -0.1) is 0 Å². The highest BCUT2D eigenvalue weighted by molar-refractivity contribution is 7.99. The van der Waals surface area contributed by atoms with E-state index in [1.165, 1.54) is 23.9 Å². The molecule has 0 unspecified atom stereocenters. The summed E-state index contributed by atoms with van der Waals surface area (Å²) in [5, 5.41) is 3.90. The average Bonchev–Trinajstić information content (AvgIpc) is 3.72. The highest BCUT2D eigenvalue weighted by atomic mass is 32.2. The quantitative estimate of drug-likeness (QED) is 0.464. The Bertz CT molecular complexity index is 1030. The van der Waals surface area contributed by atoms with Gasteiger partial charge in [-0.3, -0.25) is 9.59 Å². The van der Waals surface area contributed by atoms with Crippen LogP contribution < -0.4 is 15.1 Å². The number of piperazine rings is 1. The van der Waals surface area contributed by atoms with Crippen LogP contribution in [-0.2, 0) is 9.59 Å². The summed E-state index contributed by atoms with van der Waals surface area (Å²) in [7, 11) is 0. The number of carbonyl (C=O) groups excluding carboxylic acids is 2. The molecule has 0 atom stereocenters. The lowest BCUT2D eigenvalue weighted by atomic mass is 9.96. The molecule has 0 radical (unpaired) electrons.